The fourth-order valence-corrected chi connectivity index (χ4v) is 2.23. The first kappa shape index (κ1) is 11.9. The van der Waals surface area contributed by atoms with E-state index in [1.165, 1.54) is 18.2 Å². The maximum Gasteiger partial charge on any atom is 0.256 e. The van der Waals surface area contributed by atoms with Crippen molar-refractivity contribution in [2.75, 3.05) is 18.8 Å². The van der Waals surface area contributed by atoms with Crippen LogP contribution in [-0.2, 0) is 0 Å². The maximum absolute atomic E-state index is 13.1. The van der Waals surface area contributed by atoms with Gasteiger partial charge in [0.2, 0.25) is 0 Å². The Labute approximate surface area is 100 Å². The second-order valence-electron chi connectivity index (χ2n) is 4.55. The van der Waals surface area contributed by atoms with Gasteiger partial charge in [0.05, 0.1) is 5.56 Å². The van der Waals surface area contributed by atoms with Crippen LogP contribution in [0.2, 0.25) is 0 Å². The number of carbonyl (C=O) groups excluding carboxylic acids is 1. The summed E-state index contributed by atoms with van der Waals surface area (Å²) >= 11 is 0. The summed E-state index contributed by atoms with van der Waals surface area (Å²) in [6.45, 7) is 3.62. The number of rotatable bonds is 2. The Morgan fingerprint density at radius 1 is 1.59 bits per heavy atom. The van der Waals surface area contributed by atoms with E-state index < -0.39 is 5.82 Å². The van der Waals surface area contributed by atoms with Crippen molar-refractivity contribution in [1.29, 1.82) is 0 Å². The van der Waals surface area contributed by atoms with E-state index in [2.05, 4.69) is 6.92 Å². The third-order valence-corrected chi connectivity index (χ3v) is 3.40. The minimum Gasteiger partial charge on any atom is -0.398 e. The lowest BCUT2D eigenvalue weighted by Gasteiger charge is -2.17. The lowest BCUT2D eigenvalue weighted by atomic mass is 10.1. The van der Waals surface area contributed by atoms with Gasteiger partial charge in [0.25, 0.3) is 5.91 Å². The number of amides is 1. The number of hydrogen-bond acceptors (Lipinski definition) is 2. The summed E-state index contributed by atoms with van der Waals surface area (Å²) < 4.78 is 13.1. The number of nitrogens with two attached hydrogens (primary N) is 1. The highest BCUT2D eigenvalue weighted by molar-refractivity contribution is 5.99. The van der Waals surface area contributed by atoms with E-state index in [0.717, 1.165) is 25.9 Å². The van der Waals surface area contributed by atoms with Gasteiger partial charge < -0.3 is 10.6 Å². The molecular formula is C13H17FN2O. The van der Waals surface area contributed by atoms with Crippen LogP contribution in [0.3, 0.4) is 0 Å². The average molecular weight is 236 g/mol. The van der Waals surface area contributed by atoms with E-state index in [1.54, 1.807) is 4.90 Å². The van der Waals surface area contributed by atoms with Crippen molar-refractivity contribution in [2.45, 2.75) is 19.8 Å². The summed E-state index contributed by atoms with van der Waals surface area (Å²) in [4.78, 5) is 13.9. The minimum absolute atomic E-state index is 0.155. The molecule has 1 amide bonds. The molecule has 1 unspecified atom stereocenters. The standard InChI is InChI=1S/C13H17FN2O/c1-2-9-5-6-16(8-9)13(17)11-7-10(14)3-4-12(11)15/h3-4,7,9H,2,5-6,8,15H2,1H3. The van der Waals surface area contributed by atoms with Gasteiger partial charge in [-0.2, -0.15) is 0 Å². The molecule has 1 heterocycles. The SMILES string of the molecule is CCC1CCN(C(=O)c2cc(F)ccc2N)C1. The predicted molar refractivity (Wildman–Crippen MR) is 65.1 cm³/mol. The van der Waals surface area contributed by atoms with E-state index in [9.17, 15) is 9.18 Å². The Kier molecular flexibility index (Phi) is 3.31. The number of hydrogen-bond donors (Lipinski definition) is 1. The van der Waals surface area contributed by atoms with E-state index in [0.29, 0.717) is 11.6 Å². The van der Waals surface area contributed by atoms with E-state index in [-0.39, 0.29) is 11.5 Å². The summed E-state index contributed by atoms with van der Waals surface area (Å²) in [5.41, 5.74) is 6.33. The number of halogens is 1. The van der Waals surface area contributed by atoms with Gasteiger partial charge in [-0.1, -0.05) is 13.3 Å². The van der Waals surface area contributed by atoms with Crippen molar-refractivity contribution in [2.24, 2.45) is 5.92 Å². The average Bonchev–Trinajstić information content (AvgIpc) is 2.80. The lowest BCUT2D eigenvalue weighted by Crippen LogP contribution is -2.29. The van der Waals surface area contributed by atoms with E-state index in [4.69, 9.17) is 5.73 Å². The molecule has 1 saturated heterocycles. The topological polar surface area (TPSA) is 46.3 Å². The van der Waals surface area contributed by atoms with Gasteiger partial charge in [0.15, 0.2) is 0 Å². The molecule has 1 aromatic carbocycles. The third kappa shape index (κ3) is 2.40. The molecular weight excluding hydrogens is 219 g/mol. The Morgan fingerprint density at radius 2 is 2.35 bits per heavy atom. The molecule has 0 aromatic heterocycles. The predicted octanol–water partition coefficient (Wildman–Crippen LogP) is 2.28. The highest BCUT2D eigenvalue weighted by atomic mass is 19.1. The van der Waals surface area contributed by atoms with Crippen LogP contribution in [0.1, 0.15) is 30.1 Å². The summed E-state index contributed by atoms with van der Waals surface area (Å²) in [5, 5.41) is 0. The number of benzene rings is 1. The molecule has 92 valence electrons. The molecule has 3 nitrogen and oxygen atoms in total. The Hall–Kier alpha value is -1.58. The summed E-state index contributed by atoms with van der Waals surface area (Å²) in [6.07, 6.45) is 2.10. The molecule has 17 heavy (non-hydrogen) atoms. The summed E-state index contributed by atoms with van der Waals surface area (Å²) in [6, 6.07) is 3.93. The van der Waals surface area contributed by atoms with E-state index >= 15 is 0 Å². The molecule has 0 saturated carbocycles. The second-order valence-corrected chi connectivity index (χ2v) is 4.55. The molecule has 0 aliphatic carbocycles. The molecule has 0 radical (unpaired) electrons. The third-order valence-electron chi connectivity index (χ3n) is 3.40. The number of anilines is 1. The summed E-state index contributed by atoms with van der Waals surface area (Å²) in [5.74, 6) is -0.0135. The molecule has 1 aliphatic rings. The zero-order valence-corrected chi connectivity index (χ0v) is 9.95. The number of nitrogens with zero attached hydrogens (tertiary/aromatic N) is 1. The lowest BCUT2D eigenvalue weighted by molar-refractivity contribution is 0.0787. The van der Waals surface area contributed by atoms with Crippen molar-refractivity contribution in [3.63, 3.8) is 0 Å². The zero-order valence-electron chi connectivity index (χ0n) is 9.95. The monoisotopic (exact) mass is 236 g/mol. The van der Waals surface area contributed by atoms with Crippen LogP contribution in [0.25, 0.3) is 0 Å². The maximum atomic E-state index is 13.1. The molecule has 1 fully saturated rings. The van der Waals surface area contributed by atoms with Crippen molar-refractivity contribution in [1.82, 2.24) is 4.90 Å². The molecule has 1 aromatic rings. The number of carbonyl (C=O) groups is 1. The molecule has 0 bridgehead atoms. The quantitative estimate of drug-likeness (QED) is 0.801. The van der Waals surface area contributed by atoms with Crippen molar-refractivity contribution >= 4 is 11.6 Å². The van der Waals surface area contributed by atoms with Crippen LogP contribution in [0.4, 0.5) is 10.1 Å². The normalized spacial score (nSPS) is 19.6. The second kappa shape index (κ2) is 4.73. The van der Waals surface area contributed by atoms with Gasteiger partial charge >= 0.3 is 0 Å². The number of likely N-dealkylation sites (tertiary alicyclic amines) is 1. The fraction of sp³-hybridized carbons (Fsp3) is 0.462. The van der Waals surface area contributed by atoms with Gasteiger partial charge in [-0.3, -0.25) is 4.79 Å². The largest absolute Gasteiger partial charge is 0.398 e. The van der Waals surface area contributed by atoms with Gasteiger partial charge in [0.1, 0.15) is 5.82 Å². The Morgan fingerprint density at radius 3 is 3.00 bits per heavy atom. The Bertz CT molecular complexity index is 433. The van der Waals surface area contributed by atoms with Crippen LogP contribution in [0, 0.1) is 11.7 Å². The molecule has 1 atom stereocenters. The van der Waals surface area contributed by atoms with Gasteiger partial charge in [-0.25, -0.2) is 4.39 Å². The van der Waals surface area contributed by atoms with Crippen LogP contribution in [-0.4, -0.2) is 23.9 Å². The van der Waals surface area contributed by atoms with Crippen LogP contribution in [0.5, 0.6) is 0 Å². The minimum atomic E-state index is -0.422. The Balaban J connectivity index is 2.17. The van der Waals surface area contributed by atoms with Crippen LogP contribution in [0.15, 0.2) is 18.2 Å². The highest BCUT2D eigenvalue weighted by Gasteiger charge is 2.26. The number of nitrogen functional groups attached to an aromatic ring is 1. The molecule has 4 heteroatoms. The first-order chi connectivity index (χ1) is 8.11. The van der Waals surface area contributed by atoms with E-state index in [1.807, 2.05) is 0 Å². The van der Waals surface area contributed by atoms with Crippen molar-refractivity contribution < 1.29 is 9.18 Å². The molecule has 0 spiro atoms. The summed E-state index contributed by atoms with van der Waals surface area (Å²) in [7, 11) is 0. The zero-order chi connectivity index (χ0) is 12.4. The van der Waals surface area contributed by atoms with Crippen LogP contribution >= 0.6 is 0 Å². The van der Waals surface area contributed by atoms with Crippen molar-refractivity contribution in [3.8, 4) is 0 Å². The first-order valence-corrected chi connectivity index (χ1v) is 5.96. The molecule has 1 aliphatic heterocycles. The van der Waals surface area contributed by atoms with Gasteiger partial charge in [-0.05, 0) is 30.5 Å². The van der Waals surface area contributed by atoms with Crippen molar-refractivity contribution in [3.05, 3.63) is 29.6 Å². The smallest absolute Gasteiger partial charge is 0.256 e. The van der Waals surface area contributed by atoms with Crippen LogP contribution < -0.4 is 5.73 Å². The van der Waals surface area contributed by atoms with Gasteiger partial charge in [0, 0.05) is 18.8 Å². The van der Waals surface area contributed by atoms with Gasteiger partial charge in [-0.15, -0.1) is 0 Å². The molecule has 2 N–H and O–H groups in total. The molecule has 2 rings (SSSR count). The highest BCUT2D eigenvalue weighted by Crippen LogP contribution is 2.23. The first-order valence-electron chi connectivity index (χ1n) is 5.96. The fourth-order valence-electron chi connectivity index (χ4n) is 2.23.